The van der Waals surface area contributed by atoms with Gasteiger partial charge in [-0.15, -0.1) is 24.0 Å². The molecule has 0 aromatic carbocycles. The average Bonchev–Trinajstić information content (AvgIpc) is 3.07. The van der Waals surface area contributed by atoms with Crippen LogP contribution in [0.5, 0.6) is 0 Å². The second kappa shape index (κ2) is 12.8. The molecule has 1 amide bonds. The zero-order valence-corrected chi connectivity index (χ0v) is 19.1. The number of piperidine rings is 1. The molecule has 2 N–H and O–H groups in total. The molecule has 2 heterocycles. The fourth-order valence-electron chi connectivity index (χ4n) is 3.94. The molecule has 2 rings (SSSR count). The number of likely N-dealkylation sites (tertiary alicyclic amines) is 2. The largest absolute Gasteiger partial charge is 0.359 e. The Morgan fingerprint density at radius 1 is 1.12 bits per heavy atom. The van der Waals surface area contributed by atoms with Crippen molar-refractivity contribution in [3.63, 3.8) is 0 Å². The van der Waals surface area contributed by atoms with E-state index in [1.165, 1.54) is 32.5 Å². The van der Waals surface area contributed by atoms with Crippen LogP contribution >= 0.6 is 24.0 Å². The molecule has 0 spiro atoms. The Morgan fingerprint density at radius 3 is 2.42 bits per heavy atom. The van der Waals surface area contributed by atoms with Gasteiger partial charge in [0.1, 0.15) is 0 Å². The zero-order valence-electron chi connectivity index (χ0n) is 16.8. The number of guanidine groups is 1. The Bertz CT molecular complexity index is 438. The maximum atomic E-state index is 11.6. The van der Waals surface area contributed by atoms with Gasteiger partial charge in [-0.25, -0.2) is 0 Å². The lowest BCUT2D eigenvalue weighted by Crippen LogP contribution is -2.46. The number of nitrogens with zero attached hydrogens (tertiary/aromatic N) is 3. The normalized spacial score (nSPS) is 22.2. The number of nitrogens with one attached hydrogen (secondary N) is 2. The molecule has 2 fully saturated rings. The van der Waals surface area contributed by atoms with Crippen molar-refractivity contribution >= 4 is 35.8 Å². The molecule has 0 aromatic rings. The fraction of sp³-hybridized carbons (Fsp3) is 0.895. The summed E-state index contributed by atoms with van der Waals surface area (Å²) in [6.45, 7) is 11.9. The van der Waals surface area contributed by atoms with E-state index in [1.807, 2.05) is 0 Å². The summed E-state index contributed by atoms with van der Waals surface area (Å²) >= 11 is 0. The monoisotopic (exact) mass is 479 g/mol. The van der Waals surface area contributed by atoms with Gasteiger partial charge in [0.15, 0.2) is 5.96 Å². The van der Waals surface area contributed by atoms with Gasteiger partial charge in [-0.05, 0) is 57.5 Å². The molecule has 0 bridgehead atoms. The van der Waals surface area contributed by atoms with E-state index < -0.39 is 0 Å². The summed E-state index contributed by atoms with van der Waals surface area (Å²) in [5.41, 5.74) is 0. The summed E-state index contributed by atoms with van der Waals surface area (Å²) < 4.78 is 0. The molecule has 7 heteroatoms. The van der Waals surface area contributed by atoms with E-state index in [1.54, 1.807) is 7.05 Å². The minimum Gasteiger partial charge on any atom is -0.359 e. The van der Waals surface area contributed by atoms with E-state index in [0.717, 1.165) is 45.0 Å². The van der Waals surface area contributed by atoms with Crippen LogP contribution in [0.2, 0.25) is 0 Å². The van der Waals surface area contributed by atoms with Crippen molar-refractivity contribution < 1.29 is 4.79 Å². The Kier molecular flexibility index (Phi) is 11.5. The van der Waals surface area contributed by atoms with Gasteiger partial charge in [-0.2, -0.15) is 0 Å². The van der Waals surface area contributed by atoms with Crippen LogP contribution in [0.25, 0.3) is 0 Å². The fourth-order valence-corrected chi connectivity index (χ4v) is 3.94. The molecular formula is C19H38IN5O. The highest BCUT2D eigenvalue weighted by molar-refractivity contribution is 14.0. The molecule has 0 aromatic heterocycles. The van der Waals surface area contributed by atoms with Crippen LogP contribution in [0, 0.1) is 11.8 Å². The average molecular weight is 479 g/mol. The third kappa shape index (κ3) is 7.58. The van der Waals surface area contributed by atoms with Crippen LogP contribution in [0.4, 0.5) is 0 Å². The number of aliphatic imine (C=N–C) groups is 1. The van der Waals surface area contributed by atoms with Gasteiger partial charge in [0, 0.05) is 46.2 Å². The van der Waals surface area contributed by atoms with Gasteiger partial charge < -0.3 is 20.4 Å². The van der Waals surface area contributed by atoms with Crippen molar-refractivity contribution in [1.82, 2.24) is 20.4 Å². The standard InChI is InChI=1S/C19H37N5O.HI/c1-4-9-23-10-6-17(15-23)14-22-19(21-5-2)24-11-7-16(8-12-24)13-18(25)20-3;/h16-17H,4-15H2,1-3H3,(H,20,25)(H,21,22);1H. The molecule has 2 saturated heterocycles. The minimum absolute atomic E-state index is 0. The number of rotatable bonds is 7. The molecular weight excluding hydrogens is 441 g/mol. The van der Waals surface area contributed by atoms with Gasteiger partial charge in [0.05, 0.1) is 0 Å². The first-order valence-corrected chi connectivity index (χ1v) is 10.1. The summed E-state index contributed by atoms with van der Waals surface area (Å²) in [4.78, 5) is 21.4. The quantitative estimate of drug-likeness (QED) is 0.334. The second-order valence-corrected chi connectivity index (χ2v) is 7.46. The third-order valence-electron chi connectivity index (χ3n) is 5.41. The van der Waals surface area contributed by atoms with Crippen LogP contribution in [-0.2, 0) is 4.79 Å². The Hall–Kier alpha value is -0.570. The predicted octanol–water partition coefficient (Wildman–Crippen LogP) is 2.15. The van der Waals surface area contributed by atoms with E-state index in [4.69, 9.17) is 4.99 Å². The van der Waals surface area contributed by atoms with Crippen molar-refractivity contribution in [2.75, 3.05) is 52.9 Å². The Morgan fingerprint density at radius 2 is 1.81 bits per heavy atom. The van der Waals surface area contributed by atoms with Gasteiger partial charge in [-0.1, -0.05) is 6.92 Å². The number of hydrogen-bond acceptors (Lipinski definition) is 3. The highest BCUT2D eigenvalue weighted by Gasteiger charge is 2.24. The van der Waals surface area contributed by atoms with Gasteiger partial charge in [0.2, 0.25) is 5.91 Å². The van der Waals surface area contributed by atoms with Gasteiger partial charge >= 0.3 is 0 Å². The minimum atomic E-state index is 0. The van der Waals surface area contributed by atoms with Crippen molar-refractivity contribution in [2.45, 2.75) is 46.0 Å². The topological polar surface area (TPSA) is 60.0 Å². The highest BCUT2D eigenvalue weighted by Crippen LogP contribution is 2.21. The molecule has 1 unspecified atom stereocenters. The molecule has 2 aliphatic heterocycles. The van der Waals surface area contributed by atoms with Crippen LogP contribution in [0.15, 0.2) is 4.99 Å². The zero-order chi connectivity index (χ0) is 18.1. The van der Waals surface area contributed by atoms with Crippen molar-refractivity contribution in [3.8, 4) is 0 Å². The molecule has 0 saturated carbocycles. The maximum absolute atomic E-state index is 11.6. The summed E-state index contributed by atoms with van der Waals surface area (Å²) in [7, 11) is 1.72. The van der Waals surface area contributed by atoms with E-state index in [2.05, 4.69) is 34.3 Å². The Labute approximate surface area is 176 Å². The molecule has 152 valence electrons. The highest BCUT2D eigenvalue weighted by atomic mass is 127. The predicted molar refractivity (Wildman–Crippen MR) is 119 cm³/mol. The lowest BCUT2D eigenvalue weighted by atomic mass is 9.93. The Balaban J connectivity index is 0.00000338. The molecule has 0 radical (unpaired) electrons. The lowest BCUT2D eigenvalue weighted by Gasteiger charge is -2.34. The van der Waals surface area contributed by atoms with Gasteiger partial charge in [0.25, 0.3) is 0 Å². The summed E-state index contributed by atoms with van der Waals surface area (Å²) in [6, 6.07) is 0. The number of halogens is 1. The maximum Gasteiger partial charge on any atom is 0.220 e. The molecule has 6 nitrogen and oxygen atoms in total. The van der Waals surface area contributed by atoms with Crippen molar-refractivity contribution in [3.05, 3.63) is 0 Å². The van der Waals surface area contributed by atoms with Crippen molar-refractivity contribution in [1.29, 1.82) is 0 Å². The summed E-state index contributed by atoms with van der Waals surface area (Å²) in [5, 5.41) is 6.20. The number of carbonyl (C=O) groups is 1. The molecule has 1 atom stereocenters. The lowest BCUT2D eigenvalue weighted by molar-refractivity contribution is -0.121. The first kappa shape index (κ1) is 23.5. The van der Waals surface area contributed by atoms with E-state index in [0.29, 0.717) is 18.3 Å². The second-order valence-electron chi connectivity index (χ2n) is 7.46. The number of carbonyl (C=O) groups excluding carboxylic acids is 1. The first-order chi connectivity index (χ1) is 12.2. The summed E-state index contributed by atoms with van der Waals surface area (Å²) in [6.07, 6.45) is 5.32. The first-order valence-electron chi connectivity index (χ1n) is 10.1. The van der Waals surface area contributed by atoms with E-state index in [-0.39, 0.29) is 29.9 Å². The smallest absolute Gasteiger partial charge is 0.220 e. The summed E-state index contributed by atoms with van der Waals surface area (Å²) in [5.74, 6) is 2.44. The number of amides is 1. The molecule has 0 aliphatic carbocycles. The third-order valence-corrected chi connectivity index (χ3v) is 5.41. The SMILES string of the molecule is CCCN1CCC(CN=C(NCC)N2CCC(CC(=O)NC)CC2)C1.I. The van der Waals surface area contributed by atoms with E-state index in [9.17, 15) is 4.79 Å². The molecule has 2 aliphatic rings. The van der Waals surface area contributed by atoms with Crippen LogP contribution in [0.1, 0.15) is 46.0 Å². The van der Waals surface area contributed by atoms with Crippen LogP contribution in [0.3, 0.4) is 0 Å². The van der Waals surface area contributed by atoms with Crippen LogP contribution in [-0.4, -0.2) is 74.5 Å². The van der Waals surface area contributed by atoms with Crippen LogP contribution < -0.4 is 10.6 Å². The molecule has 26 heavy (non-hydrogen) atoms. The number of hydrogen-bond donors (Lipinski definition) is 2. The van der Waals surface area contributed by atoms with Gasteiger partial charge in [-0.3, -0.25) is 9.79 Å². The van der Waals surface area contributed by atoms with E-state index >= 15 is 0 Å². The van der Waals surface area contributed by atoms with Crippen molar-refractivity contribution in [2.24, 2.45) is 16.8 Å².